The summed E-state index contributed by atoms with van der Waals surface area (Å²) in [6.45, 7) is 24.9. The topological polar surface area (TPSA) is 58.0 Å². The first-order chi connectivity index (χ1) is 23.0. The van der Waals surface area contributed by atoms with Crippen LogP contribution in [-0.4, -0.2) is 28.0 Å². The van der Waals surface area contributed by atoms with Gasteiger partial charge in [0.2, 0.25) is 5.88 Å². The van der Waals surface area contributed by atoms with Gasteiger partial charge in [-0.15, -0.1) is 17.2 Å². The number of amidine groups is 1. The van der Waals surface area contributed by atoms with Crippen LogP contribution < -0.4 is 9.64 Å². The van der Waals surface area contributed by atoms with Crippen molar-refractivity contribution in [2.75, 3.05) is 4.90 Å². The number of ether oxygens (including phenoxy) is 1. The van der Waals surface area contributed by atoms with E-state index in [1.54, 1.807) is 0 Å². The Morgan fingerprint density at radius 2 is 1.54 bits per heavy atom. The van der Waals surface area contributed by atoms with E-state index in [0.717, 1.165) is 35.2 Å². The molecular weight excluding hydrogens is 798 g/mol. The maximum Gasteiger partial charge on any atom is 0.217 e. The molecule has 0 unspecified atom stereocenters. The van der Waals surface area contributed by atoms with Gasteiger partial charge in [0.15, 0.2) is 0 Å². The van der Waals surface area contributed by atoms with E-state index in [1.807, 2.05) is 18.2 Å². The second kappa shape index (κ2) is 14.5. The van der Waals surface area contributed by atoms with Gasteiger partial charge in [0, 0.05) is 50.0 Å². The zero-order chi connectivity index (χ0) is 35.4. The van der Waals surface area contributed by atoms with Crippen LogP contribution in [0, 0.1) is 11.5 Å². The summed E-state index contributed by atoms with van der Waals surface area (Å²) >= 11 is 0. The summed E-state index contributed by atoms with van der Waals surface area (Å²) in [6.07, 6.45) is 4.52. The van der Waals surface area contributed by atoms with Crippen LogP contribution >= 0.6 is 0 Å². The molecule has 0 amide bonds. The van der Waals surface area contributed by atoms with Crippen molar-refractivity contribution in [3.05, 3.63) is 88.5 Å². The van der Waals surface area contributed by atoms with E-state index in [0.29, 0.717) is 34.4 Å². The van der Waals surface area contributed by atoms with E-state index in [9.17, 15) is 5.11 Å². The summed E-state index contributed by atoms with van der Waals surface area (Å²) in [4.78, 5) is 13.0. The van der Waals surface area contributed by atoms with Crippen LogP contribution in [0.4, 0.5) is 5.69 Å². The third kappa shape index (κ3) is 7.69. The number of nitrogens with zero attached hydrogens (tertiary/aromatic N) is 3. The average molecular weight is 854 g/mol. The molecule has 0 saturated heterocycles. The van der Waals surface area contributed by atoms with Crippen molar-refractivity contribution < 1.29 is 30.9 Å². The zero-order valence-electron chi connectivity index (χ0n) is 31.9. The van der Waals surface area contributed by atoms with Crippen molar-refractivity contribution >= 4 is 22.4 Å². The molecule has 3 aromatic carbocycles. The molecule has 1 fully saturated rings. The van der Waals surface area contributed by atoms with Gasteiger partial charge in [-0.05, 0) is 89.2 Å². The van der Waals surface area contributed by atoms with E-state index in [1.165, 1.54) is 35.2 Å². The number of aliphatic imine (C=N–C) groups is 1. The van der Waals surface area contributed by atoms with Crippen LogP contribution in [0.15, 0.2) is 59.6 Å². The Morgan fingerprint density at radius 3 is 2.16 bits per heavy atom. The number of pyridine rings is 1. The van der Waals surface area contributed by atoms with Crippen LogP contribution in [0.5, 0.6) is 17.4 Å². The number of para-hydroxylation sites is 1. The van der Waals surface area contributed by atoms with Gasteiger partial charge in [-0.25, -0.2) is 4.98 Å². The fourth-order valence-electron chi connectivity index (χ4n) is 7.55. The summed E-state index contributed by atoms with van der Waals surface area (Å²) in [5.74, 6) is 3.21. The number of hydrogen-bond donors (Lipinski definition) is 1. The van der Waals surface area contributed by atoms with Gasteiger partial charge in [0.1, 0.15) is 11.3 Å². The van der Waals surface area contributed by atoms with Crippen molar-refractivity contribution in [2.45, 2.75) is 137 Å². The molecule has 0 radical (unpaired) electrons. The van der Waals surface area contributed by atoms with Gasteiger partial charge in [-0.3, -0.25) is 0 Å². The molecular formula is C44H56N3O2Pt-. The molecule has 2 atom stereocenters. The Kier molecular flexibility index (Phi) is 11.0. The molecule has 2 aliphatic rings. The van der Waals surface area contributed by atoms with Gasteiger partial charge < -0.3 is 19.7 Å². The number of benzene rings is 3. The van der Waals surface area contributed by atoms with Crippen molar-refractivity contribution in [3.8, 4) is 17.4 Å². The maximum atomic E-state index is 11.0. The van der Waals surface area contributed by atoms with E-state index in [2.05, 4.69) is 124 Å². The van der Waals surface area contributed by atoms with Gasteiger partial charge in [-0.1, -0.05) is 106 Å². The third-order valence-corrected chi connectivity index (χ3v) is 10.7. The minimum atomic E-state index is -0.0845. The van der Waals surface area contributed by atoms with E-state index >= 15 is 0 Å². The van der Waals surface area contributed by atoms with Gasteiger partial charge in [-0.2, -0.15) is 0 Å². The van der Waals surface area contributed by atoms with E-state index in [4.69, 9.17) is 14.7 Å². The summed E-state index contributed by atoms with van der Waals surface area (Å²) < 4.78 is 6.51. The van der Waals surface area contributed by atoms with Gasteiger partial charge in [0.25, 0.3) is 0 Å². The SMILES string of the molecule is CC(C)c1cc(Oc2ccc3cc(C(C)(C)C)cc(O)c3n2)[c-]c(C2=N[C@H]3CCC(C)(C)CC[C@@H]3N2c2c(C(C)C)cccc2C(C)C)c1.[Pt]. The maximum absolute atomic E-state index is 11.0. The number of rotatable bonds is 7. The summed E-state index contributed by atoms with van der Waals surface area (Å²) in [5.41, 5.74) is 8.01. The third-order valence-electron chi connectivity index (χ3n) is 10.7. The van der Waals surface area contributed by atoms with Crippen LogP contribution in [0.3, 0.4) is 0 Å². The van der Waals surface area contributed by atoms with Crippen LogP contribution in [0.1, 0.15) is 147 Å². The minimum Gasteiger partial charge on any atom is -0.506 e. The molecule has 1 saturated carbocycles. The zero-order valence-corrected chi connectivity index (χ0v) is 34.2. The Hall–Kier alpha value is -3.17. The minimum absolute atomic E-state index is 0. The largest absolute Gasteiger partial charge is 0.506 e. The number of fused-ring (bicyclic) bond motifs is 2. The molecule has 50 heavy (non-hydrogen) atoms. The number of hydrogen-bond acceptors (Lipinski definition) is 5. The van der Waals surface area contributed by atoms with Gasteiger partial charge >= 0.3 is 0 Å². The fraction of sp³-hybridized carbons (Fsp3) is 0.500. The Morgan fingerprint density at radius 1 is 0.880 bits per heavy atom. The predicted molar refractivity (Wildman–Crippen MR) is 205 cm³/mol. The first-order valence-corrected chi connectivity index (χ1v) is 18.4. The molecule has 5 nitrogen and oxygen atoms in total. The van der Waals surface area contributed by atoms with Crippen LogP contribution in [0.25, 0.3) is 10.9 Å². The number of phenols is 1. The molecule has 1 aliphatic heterocycles. The predicted octanol–water partition coefficient (Wildman–Crippen LogP) is 11.8. The Bertz CT molecular complexity index is 1860. The molecule has 270 valence electrons. The average Bonchev–Trinajstić information content (AvgIpc) is 3.32. The number of aromatic hydroxyl groups is 1. The fourth-order valence-corrected chi connectivity index (χ4v) is 7.55. The second-order valence-corrected chi connectivity index (χ2v) is 17.2. The number of anilines is 1. The van der Waals surface area contributed by atoms with E-state index in [-0.39, 0.29) is 50.2 Å². The molecule has 1 N–H and O–H groups in total. The van der Waals surface area contributed by atoms with Crippen molar-refractivity contribution in [1.82, 2.24) is 4.98 Å². The summed E-state index contributed by atoms with van der Waals surface area (Å²) in [7, 11) is 0. The molecule has 4 aromatic rings. The van der Waals surface area contributed by atoms with E-state index < -0.39 is 0 Å². The molecule has 1 aromatic heterocycles. The number of aromatic nitrogens is 1. The molecule has 6 heteroatoms. The molecule has 0 spiro atoms. The summed E-state index contributed by atoms with van der Waals surface area (Å²) in [6, 6.07) is 23.1. The molecule has 1 aliphatic carbocycles. The Balaban J connectivity index is 0.00000486. The van der Waals surface area contributed by atoms with Crippen molar-refractivity contribution in [2.24, 2.45) is 10.4 Å². The quantitative estimate of drug-likeness (QED) is 0.188. The van der Waals surface area contributed by atoms with Crippen LogP contribution in [0.2, 0.25) is 0 Å². The normalized spacial score (nSPS) is 19.1. The smallest absolute Gasteiger partial charge is 0.217 e. The van der Waals surface area contributed by atoms with Crippen molar-refractivity contribution in [1.29, 1.82) is 0 Å². The Labute approximate surface area is 315 Å². The first kappa shape index (κ1) is 38.1. The first-order valence-electron chi connectivity index (χ1n) is 18.4. The monoisotopic (exact) mass is 853 g/mol. The molecule has 2 heterocycles. The molecule has 0 bridgehead atoms. The van der Waals surface area contributed by atoms with Crippen LogP contribution in [-0.2, 0) is 26.5 Å². The van der Waals surface area contributed by atoms with Crippen molar-refractivity contribution in [3.63, 3.8) is 0 Å². The van der Waals surface area contributed by atoms with Gasteiger partial charge in [0.05, 0.1) is 11.9 Å². The number of phenolic OH excluding ortho intramolecular Hbond substituents is 1. The standard InChI is InChI=1S/C44H56N3O2.Pt/c1-26(2)30-21-31(24-33(23-30)49-39-16-15-29-22-32(43(7,8)9)25-38(48)40(29)46-39)42-45-36-17-19-44(10,11)20-18-37(36)47(42)41-34(27(3)4)13-12-14-35(41)28(5)6;/h12-16,21-23,25-28,36-37,48H,17-20H2,1-11H3;/q-1;/t36-,37-;/m0./s1. The summed E-state index contributed by atoms with van der Waals surface area (Å²) in [5, 5.41) is 11.9. The molecule has 6 rings (SSSR count). The second-order valence-electron chi connectivity index (χ2n) is 17.2.